The van der Waals surface area contributed by atoms with Crippen LogP contribution in [0.15, 0.2) is 61.2 Å². The summed E-state index contributed by atoms with van der Waals surface area (Å²) in [6.07, 6.45) is -8.81. The Balaban J connectivity index is 1.54. The molecule has 0 radical (unpaired) electrons. The number of rotatable bonds is 14. The Kier molecular flexibility index (Phi) is 13.1. The highest BCUT2D eigenvalue weighted by Gasteiger charge is 2.53. The Morgan fingerprint density at radius 2 is 1.30 bits per heavy atom. The van der Waals surface area contributed by atoms with Gasteiger partial charge in [-0.25, -0.2) is 9.59 Å². The summed E-state index contributed by atoms with van der Waals surface area (Å²) in [5.41, 5.74) is 4.08. The van der Waals surface area contributed by atoms with Gasteiger partial charge in [-0.3, -0.25) is 19.2 Å². The van der Waals surface area contributed by atoms with Crippen LogP contribution in [0.25, 0.3) is 11.1 Å². The maximum Gasteiger partial charge on any atom is 0.407 e. The SMILES string of the molecule is C=CCOC(=O)[C@H](CNC(=O)OCC1c2ccccc2-c2ccccc21)O[C@@H]1O[C@H](COC(C)=O)[C@H](OC(C)=O)[C@H](OC(C)=O)[C@H]1OC(C)=O. The maximum absolute atomic E-state index is 13.2. The van der Waals surface area contributed by atoms with Gasteiger partial charge >= 0.3 is 35.9 Å². The summed E-state index contributed by atoms with van der Waals surface area (Å²) in [5, 5.41) is 2.49. The molecule has 1 aliphatic heterocycles. The minimum absolute atomic E-state index is 0.00795. The van der Waals surface area contributed by atoms with E-state index in [2.05, 4.69) is 11.9 Å². The number of amides is 1. The van der Waals surface area contributed by atoms with Gasteiger partial charge in [0.25, 0.3) is 0 Å². The van der Waals surface area contributed by atoms with Gasteiger partial charge < -0.3 is 43.2 Å². The van der Waals surface area contributed by atoms with Crippen molar-refractivity contribution in [3.05, 3.63) is 72.3 Å². The zero-order valence-corrected chi connectivity index (χ0v) is 28.0. The van der Waals surface area contributed by atoms with Crippen molar-refractivity contribution < 1.29 is 66.7 Å². The number of fused-ring (bicyclic) bond motifs is 3. The maximum atomic E-state index is 13.2. The van der Waals surface area contributed by atoms with Gasteiger partial charge in [0.15, 0.2) is 30.7 Å². The van der Waals surface area contributed by atoms with E-state index in [1.54, 1.807) is 0 Å². The smallest absolute Gasteiger partial charge is 0.407 e. The first-order chi connectivity index (χ1) is 23.9. The van der Waals surface area contributed by atoms with Crippen LogP contribution in [0.2, 0.25) is 0 Å². The van der Waals surface area contributed by atoms with E-state index < -0.39 is 85.9 Å². The van der Waals surface area contributed by atoms with E-state index in [-0.39, 0.29) is 19.1 Å². The van der Waals surface area contributed by atoms with Crippen molar-refractivity contribution in [2.75, 3.05) is 26.4 Å². The fourth-order valence-electron chi connectivity index (χ4n) is 5.71. The van der Waals surface area contributed by atoms with Gasteiger partial charge in [0.2, 0.25) is 0 Å². The Morgan fingerprint density at radius 3 is 1.86 bits per heavy atom. The van der Waals surface area contributed by atoms with Crippen molar-refractivity contribution in [2.45, 2.75) is 70.4 Å². The van der Waals surface area contributed by atoms with E-state index in [9.17, 15) is 28.8 Å². The van der Waals surface area contributed by atoms with Crippen LogP contribution < -0.4 is 5.32 Å². The summed E-state index contributed by atoms with van der Waals surface area (Å²) >= 11 is 0. The molecule has 1 saturated heterocycles. The normalized spacial score (nSPS) is 21.3. The third kappa shape index (κ3) is 9.66. The molecular formula is C35H39NO14. The lowest BCUT2D eigenvalue weighted by Gasteiger charge is -2.44. The van der Waals surface area contributed by atoms with E-state index in [0.29, 0.717) is 0 Å². The number of esters is 5. The summed E-state index contributed by atoms with van der Waals surface area (Å²) in [6.45, 7) is 6.59. The molecule has 2 aromatic rings. The van der Waals surface area contributed by atoms with E-state index in [1.807, 2.05) is 48.5 Å². The Morgan fingerprint density at radius 1 is 0.740 bits per heavy atom. The molecule has 2 aliphatic rings. The molecule has 0 unspecified atom stereocenters. The van der Waals surface area contributed by atoms with Crippen molar-refractivity contribution in [3.8, 4) is 11.1 Å². The lowest BCUT2D eigenvalue weighted by atomic mass is 9.98. The first-order valence-corrected chi connectivity index (χ1v) is 15.7. The predicted molar refractivity (Wildman–Crippen MR) is 171 cm³/mol. The van der Waals surface area contributed by atoms with Gasteiger partial charge in [-0.1, -0.05) is 61.2 Å². The average molecular weight is 698 g/mol. The number of alkyl carbamates (subject to hydrolysis) is 1. The topological polar surface area (TPSA) is 188 Å². The molecule has 2 aromatic carbocycles. The Labute approximate surface area is 288 Å². The van der Waals surface area contributed by atoms with Crippen molar-refractivity contribution in [2.24, 2.45) is 0 Å². The van der Waals surface area contributed by atoms with E-state index in [1.165, 1.54) is 6.08 Å². The molecule has 268 valence electrons. The van der Waals surface area contributed by atoms with Crippen LogP contribution in [-0.2, 0) is 61.9 Å². The summed E-state index contributed by atoms with van der Waals surface area (Å²) in [4.78, 5) is 74.2. The highest BCUT2D eigenvalue weighted by molar-refractivity contribution is 5.79. The third-order valence-electron chi connectivity index (χ3n) is 7.63. The number of hydrogen-bond acceptors (Lipinski definition) is 14. The van der Waals surface area contributed by atoms with Crippen LogP contribution >= 0.6 is 0 Å². The Bertz CT molecular complexity index is 1540. The van der Waals surface area contributed by atoms with E-state index in [4.69, 9.17) is 37.9 Å². The lowest BCUT2D eigenvalue weighted by Crippen LogP contribution is -2.64. The minimum atomic E-state index is -1.71. The van der Waals surface area contributed by atoms with E-state index in [0.717, 1.165) is 49.9 Å². The summed E-state index contributed by atoms with van der Waals surface area (Å²) < 4.78 is 43.8. The zero-order valence-electron chi connectivity index (χ0n) is 28.0. The first-order valence-electron chi connectivity index (χ1n) is 15.7. The van der Waals surface area contributed by atoms with Crippen LogP contribution in [-0.4, -0.2) is 99.1 Å². The first kappa shape index (κ1) is 37.5. The summed E-state index contributed by atoms with van der Waals surface area (Å²) in [6, 6.07) is 15.6. The van der Waals surface area contributed by atoms with E-state index >= 15 is 0 Å². The molecule has 0 spiro atoms. The number of carbonyl (C=O) groups is 6. The second-order valence-electron chi connectivity index (χ2n) is 11.3. The lowest BCUT2D eigenvalue weighted by molar-refractivity contribution is -0.315. The van der Waals surface area contributed by atoms with Gasteiger partial charge in [0.1, 0.15) is 25.9 Å². The fraction of sp³-hybridized carbons (Fsp3) is 0.429. The molecule has 1 fully saturated rings. The molecule has 6 atom stereocenters. The van der Waals surface area contributed by atoms with Crippen LogP contribution in [0.3, 0.4) is 0 Å². The van der Waals surface area contributed by atoms with Gasteiger partial charge in [0, 0.05) is 33.6 Å². The highest BCUT2D eigenvalue weighted by atomic mass is 16.7. The summed E-state index contributed by atoms with van der Waals surface area (Å²) in [5.74, 6) is -4.45. The third-order valence-corrected chi connectivity index (χ3v) is 7.63. The second-order valence-corrected chi connectivity index (χ2v) is 11.3. The molecule has 1 heterocycles. The average Bonchev–Trinajstić information content (AvgIpc) is 3.38. The van der Waals surface area contributed by atoms with Crippen LogP contribution in [0, 0.1) is 0 Å². The largest absolute Gasteiger partial charge is 0.463 e. The minimum Gasteiger partial charge on any atom is -0.463 e. The number of ether oxygens (including phenoxy) is 8. The second kappa shape index (κ2) is 17.4. The Hall–Kier alpha value is -5.28. The number of hydrogen-bond donors (Lipinski definition) is 1. The van der Waals surface area contributed by atoms with Gasteiger partial charge in [-0.15, -0.1) is 0 Å². The van der Waals surface area contributed by atoms with Crippen LogP contribution in [0.5, 0.6) is 0 Å². The van der Waals surface area contributed by atoms with Gasteiger partial charge in [0.05, 0.1) is 6.54 Å². The molecule has 0 bridgehead atoms. The number of nitrogens with one attached hydrogen (secondary N) is 1. The van der Waals surface area contributed by atoms with Crippen molar-refractivity contribution in [1.82, 2.24) is 5.32 Å². The molecule has 1 amide bonds. The molecule has 1 aliphatic carbocycles. The molecule has 4 rings (SSSR count). The molecule has 50 heavy (non-hydrogen) atoms. The van der Waals surface area contributed by atoms with Crippen LogP contribution in [0.4, 0.5) is 4.79 Å². The summed E-state index contributed by atoms with van der Waals surface area (Å²) in [7, 11) is 0. The molecular weight excluding hydrogens is 658 g/mol. The molecule has 0 saturated carbocycles. The number of carbonyl (C=O) groups excluding carboxylic acids is 6. The predicted octanol–water partition coefficient (Wildman–Crippen LogP) is 2.72. The van der Waals surface area contributed by atoms with Gasteiger partial charge in [-0.2, -0.15) is 0 Å². The highest BCUT2D eigenvalue weighted by Crippen LogP contribution is 2.44. The molecule has 0 aromatic heterocycles. The molecule has 15 nitrogen and oxygen atoms in total. The fourth-order valence-corrected chi connectivity index (χ4v) is 5.71. The van der Waals surface area contributed by atoms with Crippen molar-refractivity contribution in [3.63, 3.8) is 0 Å². The van der Waals surface area contributed by atoms with Crippen molar-refractivity contribution >= 4 is 35.9 Å². The molecule has 1 N–H and O–H groups in total. The monoisotopic (exact) mass is 697 g/mol. The van der Waals surface area contributed by atoms with Crippen molar-refractivity contribution in [1.29, 1.82) is 0 Å². The van der Waals surface area contributed by atoms with Gasteiger partial charge in [-0.05, 0) is 22.3 Å². The number of benzene rings is 2. The van der Waals surface area contributed by atoms with Crippen LogP contribution in [0.1, 0.15) is 44.7 Å². The standard InChI is InChI=1S/C35H39NO14/c1-6-15-43-33(41)28(16-36-35(42)45-17-27-25-13-9-7-11-23(25)24-12-8-10-14-26(24)27)49-34-32(48-22(5)40)31(47-21(4)39)30(46-20(3)38)29(50-34)18-44-19(2)37/h6-14,27-32,34H,1,15-18H2,2-5H3,(H,36,42)/t28-,29+,30-,31-,32+,34+/m0/s1. The quantitative estimate of drug-likeness (QED) is 0.172. The zero-order chi connectivity index (χ0) is 36.4. The molecule has 15 heteroatoms.